The van der Waals surface area contributed by atoms with Gasteiger partial charge in [-0.15, -0.1) is 0 Å². The van der Waals surface area contributed by atoms with Crippen LogP contribution in [0.25, 0.3) is 0 Å². The van der Waals surface area contributed by atoms with Crippen LogP contribution < -0.4 is 4.74 Å². The number of piperidine rings is 1. The van der Waals surface area contributed by atoms with Gasteiger partial charge in [0.2, 0.25) is 0 Å². The van der Waals surface area contributed by atoms with Crippen LogP contribution in [-0.4, -0.2) is 30.0 Å². The molecule has 0 bridgehead atoms. The molecule has 1 aliphatic carbocycles. The van der Waals surface area contributed by atoms with Gasteiger partial charge in [0.1, 0.15) is 5.75 Å². The molecule has 3 rings (SSSR count). The average Bonchev–Trinajstić information content (AvgIpc) is 3.29. The molecule has 2 fully saturated rings. The second kappa shape index (κ2) is 6.72. The predicted octanol–water partition coefficient (Wildman–Crippen LogP) is 3.74. The molecule has 1 aliphatic heterocycles. The van der Waals surface area contributed by atoms with Gasteiger partial charge in [0.05, 0.1) is 0 Å². The number of carbonyl (C=O) groups excluding carboxylic acids is 1. The van der Waals surface area contributed by atoms with Gasteiger partial charge in [-0.3, -0.25) is 4.79 Å². The maximum absolute atomic E-state index is 13.0. The highest BCUT2D eigenvalue weighted by atomic mass is 16.5. The summed E-state index contributed by atoms with van der Waals surface area (Å²) in [7, 11) is 0. The Hall–Kier alpha value is -1.51. The van der Waals surface area contributed by atoms with Crippen molar-refractivity contribution in [2.75, 3.05) is 13.1 Å². The van der Waals surface area contributed by atoms with Crippen LogP contribution >= 0.6 is 0 Å². The van der Waals surface area contributed by atoms with E-state index in [1.165, 1.54) is 6.42 Å². The van der Waals surface area contributed by atoms with Crippen LogP contribution in [0.5, 0.6) is 5.75 Å². The van der Waals surface area contributed by atoms with Crippen molar-refractivity contribution in [1.29, 1.82) is 0 Å². The summed E-state index contributed by atoms with van der Waals surface area (Å²) >= 11 is 0. The van der Waals surface area contributed by atoms with Crippen LogP contribution in [0, 0.1) is 17.8 Å². The fourth-order valence-corrected chi connectivity index (χ4v) is 3.52. The molecule has 4 unspecified atom stereocenters. The lowest BCUT2D eigenvalue weighted by molar-refractivity contribution is -0.141. The van der Waals surface area contributed by atoms with Gasteiger partial charge in [-0.05, 0) is 43.2 Å². The van der Waals surface area contributed by atoms with Gasteiger partial charge in [0.25, 0.3) is 5.91 Å². The molecule has 0 spiro atoms. The maximum Gasteiger partial charge on any atom is 0.263 e. The van der Waals surface area contributed by atoms with E-state index in [0.29, 0.717) is 17.8 Å². The smallest absolute Gasteiger partial charge is 0.263 e. The van der Waals surface area contributed by atoms with Crippen molar-refractivity contribution in [1.82, 2.24) is 4.90 Å². The molecule has 120 valence electrons. The number of rotatable bonds is 5. The van der Waals surface area contributed by atoms with Crippen molar-refractivity contribution in [3.63, 3.8) is 0 Å². The molecule has 3 nitrogen and oxygen atoms in total. The number of amides is 1. The van der Waals surface area contributed by atoms with E-state index in [0.717, 1.165) is 38.1 Å². The van der Waals surface area contributed by atoms with Gasteiger partial charge in [0, 0.05) is 19.0 Å². The molecule has 1 aromatic carbocycles. The van der Waals surface area contributed by atoms with E-state index in [1.807, 2.05) is 30.3 Å². The highest BCUT2D eigenvalue weighted by Crippen LogP contribution is 2.43. The molecule has 0 aromatic heterocycles. The van der Waals surface area contributed by atoms with Crippen LogP contribution in [0.15, 0.2) is 30.3 Å². The van der Waals surface area contributed by atoms with Crippen LogP contribution in [0.2, 0.25) is 0 Å². The zero-order valence-corrected chi connectivity index (χ0v) is 13.7. The second-order valence-electron chi connectivity index (χ2n) is 6.93. The van der Waals surface area contributed by atoms with E-state index in [9.17, 15) is 4.79 Å². The summed E-state index contributed by atoms with van der Waals surface area (Å²) in [6.45, 7) is 6.24. The minimum absolute atomic E-state index is 0.205. The lowest BCUT2D eigenvalue weighted by Crippen LogP contribution is -2.47. The first-order valence-electron chi connectivity index (χ1n) is 8.69. The SMILES string of the molecule is CCC1CCCN(C(=O)C(Oc2ccccc2)C2CC2C)C1. The van der Waals surface area contributed by atoms with E-state index in [2.05, 4.69) is 18.7 Å². The monoisotopic (exact) mass is 301 g/mol. The third kappa shape index (κ3) is 3.45. The first-order chi connectivity index (χ1) is 10.7. The number of hydrogen-bond donors (Lipinski definition) is 0. The lowest BCUT2D eigenvalue weighted by atomic mass is 9.95. The summed E-state index contributed by atoms with van der Waals surface area (Å²) in [5.41, 5.74) is 0. The molecule has 3 heteroatoms. The zero-order valence-electron chi connectivity index (χ0n) is 13.7. The van der Waals surface area contributed by atoms with Gasteiger partial charge in [-0.1, -0.05) is 38.5 Å². The molecule has 1 amide bonds. The van der Waals surface area contributed by atoms with Gasteiger partial charge in [-0.2, -0.15) is 0 Å². The topological polar surface area (TPSA) is 29.5 Å². The summed E-state index contributed by atoms with van der Waals surface area (Å²) in [6, 6.07) is 9.78. The van der Waals surface area contributed by atoms with Crippen LogP contribution in [-0.2, 0) is 4.79 Å². The molecule has 0 radical (unpaired) electrons. The van der Waals surface area contributed by atoms with Crippen molar-refractivity contribution in [2.45, 2.75) is 45.6 Å². The van der Waals surface area contributed by atoms with Crippen molar-refractivity contribution >= 4 is 5.91 Å². The Morgan fingerprint density at radius 2 is 2.09 bits per heavy atom. The van der Waals surface area contributed by atoms with Crippen molar-refractivity contribution < 1.29 is 9.53 Å². The fourth-order valence-electron chi connectivity index (χ4n) is 3.52. The normalized spacial score (nSPS) is 29.0. The quantitative estimate of drug-likeness (QED) is 0.829. The number of carbonyl (C=O) groups is 1. The number of benzene rings is 1. The Labute approximate surface area is 133 Å². The predicted molar refractivity (Wildman–Crippen MR) is 87.7 cm³/mol. The van der Waals surface area contributed by atoms with E-state index < -0.39 is 0 Å². The standard InChI is InChI=1S/C19H27NO2/c1-3-15-8-7-11-20(13-15)19(21)18(17-12-14(17)2)22-16-9-5-4-6-10-16/h4-6,9-10,14-15,17-18H,3,7-8,11-13H2,1-2H3. The molecular formula is C19H27NO2. The average molecular weight is 301 g/mol. The maximum atomic E-state index is 13.0. The molecule has 1 saturated carbocycles. The van der Waals surface area contributed by atoms with Crippen LogP contribution in [0.4, 0.5) is 0 Å². The summed E-state index contributed by atoms with van der Waals surface area (Å²) in [6.07, 6.45) is 4.35. The molecule has 0 N–H and O–H groups in total. The highest BCUT2D eigenvalue weighted by molar-refractivity contribution is 5.82. The number of ether oxygens (including phenoxy) is 1. The van der Waals surface area contributed by atoms with E-state index in [4.69, 9.17) is 4.74 Å². The molecule has 1 heterocycles. The molecule has 1 saturated heterocycles. The molecule has 2 aliphatic rings. The van der Waals surface area contributed by atoms with Crippen molar-refractivity contribution in [2.24, 2.45) is 17.8 Å². The summed E-state index contributed by atoms with van der Waals surface area (Å²) in [5.74, 6) is 2.66. The zero-order chi connectivity index (χ0) is 15.5. The third-order valence-corrected chi connectivity index (χ3v) is 5.22. The number of hydrogen-bond acceptors (Lipinski definition) is 2. The minimum Gasteiger partial charge on any atom is -0.480 e. The van der Waals surface area contributed by atoms with Crippen LogP contribution in [0.1, 0.15) is 39.5 Å². The number of likely N-dealkylation sites (tertiary alicyclic amines) is 1. The first-order valence-corrected chi connectivity index (χ1v) is 8.69. The molecule has 4 atom stereocenters. The Balaban J connectivity index is 1.70. The largest absolute Gasteiger partial charge is 0.480 e. The van der Waals surface area contributed by atoms with Gasteiger partial charge in [0.15, 0.2) is 6.10 Å². The molecule has 22 heavy (non-hydrogen) atoms. The lowest BCUT2D eigenvalue weighted by Gasteiger charge is -2.34. The van der Waals surface area contributed by atoms with Gasteiger partial charge >= 0.3 is 0 Å². The summed E-state index contributed by atoms with van der Waals surface area (Å²) < 4.78 is 6.10. The fraction of sp³-hybridized carbons (Fsp3) is 0.632. The van der Waals surface area contributed by atoms with Crippen LogP contribution in [0.3, 0.4) is 0 Å². The number of para-hydroxylation sites is 1. The van der Waals surface area contributed by atoms with E-state index in [-0.39, 0.29) is 12.0 Å². The summed E-state index contributed by atoms with van der Waals surface area (Å²) in [4.78, 5) is 15.0. The second-order valence-corrected chi connectivity index (χ2v) is 6.93. The Bertz CT molecular complexity index is 501. The summed E-state index contributed by atoms with van der Waals surface area (Å²) in [5, 5.41) is 0. The van der Waals surface area contributed by atoms with Gasteiger partial charge < -0.3 is 9.64 Å². The Morgan fingerprint density at radius 1 is 1.36 bits per heavy atom. The molecule has 1 aromatic rings. The highest BCUT2D eigenvalue weighted by Gasteiger charge is 2.46. The van der Waals surface area contributed by atoms with E-state index >= 15 is 0 Å². The van der Waals surface area contributed by atoms with E-state index in [1.54, 1.807) is 0 Å². The number of nitrogens with zero attached hydrogens (tertiary/aromatic N) is 1. The van der Waals surface area contributed by atoms with Crippen molar-refractivity contribution in [3.8, 4) is 5.75 Å². The van der Waals surface area contributed by atoms with Crippen molar-refractivity contribution in [3.05, 3.63) is 30.3 Å². The third-order valence-electron chi connectivity index (χ3n) is 5.22. The van der Waals surface area contributed by atoms with Gasteiger partial charge in [-0.25, -0.2) is 0 Å². The Morgan fingerprint density at radius 3 is 2.73 bits per heavy atom. The first kappa shape index (κ1) is 15.4. The minimum atomic E-state index is -0.298. The molecular weight excluding hydrogens is 274 g/mol. The Kier molecular flexibility index (Phi) is 4.70.